The molecule has 2 amide bonds. The van der Waals surface area contributed by atoms with Gasteiger partial charge in [0.1, 0.15) is 5.75 Å². The molecule has 5 nitrogen and oxygen atoms in total. The Kier molecular flexibility index (Phi) is 6.59. The quantitative estimate of drug-likeness (QED) is 0.678. The summed E-state index contributed by atoms with van der Waals surface area (Å²) in [6, 6.07) is 18.1. The third-order valence-corrected chi connectivity index (χ3v) is 6.76. The van der Waals surface area contributed by atoms with E-state index >= 15 is 0 Å². The number of hydrogen-bond acceptors (Lipinski definition) is 3. The average molecular weight is 421 g/mol. The number of para-hydroxylation sites is 1. The minimum absolute atomic E-state index is 0.0552. The van der Waals surface area contributed by atoms with Crippen LogP contribution in [0.25, 0.3) is 0 Å². The first-order valence-electron chi connectivity index (χ1n) is 11.4. The van der Waals surface area contributed by atoms with E-state index in [4.69, 9.17) is 4.74 Å². The molecule has 2 aromatic carbocycles. The number of unbranched alkanes of at least 4 members (excludes halogenated alkanes) is 1. The lowest BCUT2D eigenvalue weighted by Crippen LogP contribution is -2.37. The van der Waals surface area contributed by atoms with Gasteiger partial charge < -0.3 is 14.5 Å². The molecule has 0 N–H and O–H groups in total. The van der Waals surface area contributed by atoms with E-state index in [-0.39, 0.29) is 23.8 Å². The minimum atomic E-state index is 0.0552. The summed E-state index contributed by atoms with van der Waals surface area (Å²) in [7, 11) is 1.64. The summed E-state index contributed by atoms with van der Waals surface area (Å²) < 4.78 is 5.42. The van der Waals surface area contributed by atoms with Crippen molar-refractivity contribution in [1.82, 2.24) is 9.80 Å². The molecule has 2 aliphatic heterocycles. The van der Waals surface area contributed by atoms with Gasteiger partial charge in [-0.15, -0.1) is 0 Å². The molecule has 5 heteroatoms. The summed E-state index contributed by atoms with van der Waals surface area (Å²) in [5, 5.41) is 0. The fraction of sp³-hybridized carbons (Fsp3) is 0.462. The van der Waals surface area contributed by atoms with Gasteiger partial charge in [0.25, 0.3) is 0 Å². The monoisotopic (exact) mass is 420 g/mol. The fourth-order valence-corrected chi connectivity index (χ4v) is 5.18. The number of likely N-dealkylation sites (tertiary alicyclic amines) is 2. The number of methoxy groups -OCH3 is 1. The van der Waals surface area contributed by atoms with Crippen LogP contribution in [0.2, 0.25) is 0 Å². The van der Waals surface area contributed by atoms with Crippen molar-refractivity contribution in [2.75, 3.05) is 26.7 Å². The molecule has 0 radical (unpaired) electrons. The van der Waals surface area contributed by atoms with E-state index in [1.165, 1.54) is 5.56 Å². The Morgan fingerprint density at radius 3 is 2.45 bits per heavy atom. The molecule has 0 unspecified atom stereocenters. The Hall–Kier alpha value is -2.82. The lowest BCUT2D eigenvalue weighted by Gasteiger charge is -2.30. The number of ether oxygens (including phenoxy) is 1. The maximum Gasteiger partial charge on any atom is 0.227 e. The molecular weight excluding hydrogens is 388 g/mol. The second-order valence-electron chi connectivity index (χ2n) is 8.72. The second-order valence-corrected chi connectivity index (χ2v) is 8.72. The molecule has 0 aliphatic carbocycles. The Morgan fingerprint density at radius 1 is 0.968 bits per heavy atom. The van der Waals surface area contributed by atoms with Crippen molar-refractivity contribution < 1.29 is 14.3 Å². The highest BCUT2D eigenvalue weighted by Crippen LogP contribution is 2.45. The van der Waals surface area contributed by atoms with Crippen LogP contribution >= 0.6 is 0 Å². The van der Waals surface area contributed by atoms with Crippen molar-refractivity contribution in [3.8, 4) is 5.75 Å². The first kappa shape index (κ1) is 21.4. The largest absolute Gasteiger partial charge is 0.496 e. The molecular formula is C26H32N2O3. The van der Waals surface area contributed by atoms with Gasteiger partial charge in [-0.1, -0.05) is 61.9 Å². The molecule has 164 valence electrons. The van der Waals surface area contributed by atoms with Gasteiger partial charge in [0.2, 0.25) is 11.8 Å². The topological polar surface area (TPSA) is 49.9 Å². The van der Waals surface area contributed by atoms with Crippen molar-refractivity contribution in [2.24, 2.45) is 11.8 Å². The van der Waals surface area contributed by atoms with Crippen LogP contribution in [0.1, 0.15) is 43.4 Å². The predicted octanol–water partition coefficient (Wildman–Crippen LogP) is 4.09. The summed E-state index contributed by atoms with van der Waals surface area (Å²) in [5.41, 5.74) is 2.10. The van der Waals surface area contributed by atoms with Crippen LogP contribution in [0.5, 0.6) is 5.75 Å². The van der Waals surface area contributed by atoms with Crippen LogP contribution in [-0.4, -0.2) is 48.4 Å². The molecule has 0 spiro atoms. The first-order chi connectivity index (χ1) is 15.1. The molecule has 0 aromatic heterocycles. The van der Waals surface area contributed by atoms with Crippen LogP contribution in [0.3, 0.4) is 0 Å². The van der Waals surface area contributed by atoms with E-state index in [0.29, 0.717) is 25.3 Å². The minimum Gasteiger partial charge on any atom is -0.496 e. The smallest absolute Gasteiger partial charge is 0.227 e. The third-order valence-electron chi connectivity index (χ3n) is 6.76. The Balaban J connectivity index is 1.50. The number of carbonyl (C=O) groups is 2. The van der Waals surface area contributed by atoms with Gasteiger partial charge in [-0.25, -0.2) is 0 Å². The molecule has 0 saturated carbocycles. The van der Waals surface area contributed by atoms with E-state index in [9.17, 15) is 9.59 Å². The predicted molar refractivity (Wildman–Crippen MR) is 121 cm³/mol. The van der Waals surface area contributed by atoms with Gasteiger partial charge in [0.15, 0.2) is 0 Å². The lowest BCUT2D eigenvalue weighted by atomic mass is 9.89. The van der Waals surface area contributed by atoms with Crippen molar-refractivity contribution in [2.45, 2.75) is 38.6 Å². The van der Waals surface area contributed by atoms with E-state index < -0.39 is 0 Å². The summed E-state index contributed by atoms with van der Waals surface area (Å²) >= 11 is 0. The summed E-state index contributed by atoms with van der Waals surface area (Å²) in [6.07, 6.45) is 2.90. The lowest BCUT2D eigenvalue weighted by molar-refractivity contribution is -0.133. The van der Waals surface area contributed by atoms with Gasteiger partial charge in [-0.2, -0.15) is 0 Å². The number of amides is 2. The van der Waals surface area contributed by atoms with Crippen LogP contribution in [0.4, 0.5) is 0 Å². The van der Waals surface area contributed by atoms with E-state index in [1.807, 2.05) is 47.4 Å². The molecule has 2 aromatic rings. The highest BCUT2D eigenvalue weighted by atomic mass is 16.5. The molecule has 0 bridgehead atoms. The second kappa shape index (κ2) is 9.54. The SMILES string of the molecule is CCCCC(=O)N1C[C@@H]2CN(C(=O)Cc3ccccc3OC)C[C@@H]2[C@H]1c1ccccc1. The van der Waals surface area contributed by atoms with Crippen LogP contribution in [-0.2, 0) is 16.0 Å². The number of carbonyl (C=O) groups excluding carboxylic acids is 2. The van der Waals surface area contributed by atoms with Gasteiger partial charge in [-0.05, 0) is 18.1 Å². The Bertz CT molecular complexity index is 914. The molecule has 3 atom stereocenters. The number of fused-ring (bicyclic) bond motifs is 1. The maximum absolute atomic E-state index is 13.1. The van der Waals surface area contributed by atoms with E-state index in [2.05, 4.69) is 24.0 Å². The molecule has 2 heterocycles. The van der Waals surface area contributed by atoms with Gasteiger partial charge in [0, 0.05) is 43.5 Å². The van der Waals surface area contributed by atoms with E-state index in [1.54, 1.807) is 7.11 Å². The molecule has 4 rings (SSSR count). The molecule has 2 aliphatic rings. The number of nitrogens with zero attached hydrogens (tertiary/aromatic N) is 2. The summed E-state index contributed by atoms with van der Waals surface area (Å²) in [6.45, 7) is 4.28. The van der Waals surface area contributed by atoms with Crippen molar-refractivity contribution >= 4 is 11.8 Å². The molecule has 31 heavy (non-hydrogen) atoms. The van der Waals surface area contributed by atoms with Crippen molar-refractivity contribution in [3.63, 3.8) is 0 Å². The Labute approximate surface area is 185 Å². The molecule has 2 fully saturated rings. The van der Waals surface area contributed by atoms with E-state index in [0.717, 1.165) is 37.2 Å². The van der Waals surface area contributed by atoms with Crippen molar-refractivity contribution in [3.05, 3.63) is 65.7 Å². The Morgan fingerprint density at radius 2 is 1.71 bits per heavy atom. The number of benzene rings is 2. The molecule has 2 saturated heterocycles. The maximum atomic E-state index is 13.1. The standard InChI is InChI=1S/C26H32N2O3/c1-3-4-14-24(29)28-17-21-16-27(18-22(21)26(28)19-10-6-5-7-11-19)25(30)15-20-12-8-9-13-23(20)31-2/h5-13,21-22,26H,3-4,14-18H2,1-2H3/t21-,22-,26+/m0/s1. The van der Waals surface area contributed by atoms with Gasteiger partial charge >= 0.3 is 0 Å². The van der Waals surface area contributed by atoms with Crippen LogP contribution in [0.15, 0.2) is 54.6 Å². The van der Waals surface area contributed by atoms with Gasteiger partial charge in [-0.3, -0.25) is 9.59 Å². The zero-order valence-electron chi connectivity index (χ0n) is 18.5. The highest BCUT2D eigenvalue weighted by molar-refractivity contribution is 5.80. The number of hydrogen-bond donors (Lipinski definition) is 0. The van der Waals surface area contributed by atoms with Gasteiger partial charge in [0.05, 0.1) is 19.6 Å². The first-order valence-corrected chi connectivity index (χ1v) is 11.4. The summed E-state index contributed by atoms with van der Waals surface area (Å²) in [5.74, 6) is 1.75. The van der Waals surface area contributed by atoms with Crippen LogP contribution in [0, 0.1) is 11.8 Å². The van der Waals surface area contributed by atoms with Crippen LogP contribution < -0.4 is 4.74 Å². The zero-order valence-corrected chi connectivity index (χ0v) is 18.5. The fourth-order valence-electron chi connectivity index (χ4n) is 5.18. The summed E-state index contributed by atoms with van der Waals surface area (Å²) in [4.78, 5) is 30.2. The van der Waals surface area contributed by atoms with Crippen molar-refractivity contribution in [1.29, 1.82) is 0 Å². The zero-order chi connectivity index (χ0) is 21.8. The third kappa shape index (κ3) is 4.46. The highest BCUT2D eigenvalue weighted by Gasteiger charge is 2.49. The normalized spacial score (nSPS) is 22.5. The number of rotatable bonds is 7. The average Bonchev–Trinajstić information content (AvgIpc) is 3.36.